The first-order valence-corrected chi connectivity index (χ1v) is 10.3. The van der Waals surface area contributed by atoms with Crippen LogP contribution >= 0.6 is 11.6 Å². The minimum atomic E-state index is -0.427. The molecular formula is C26H29ClO2. The number of carbonyl (C=O) groups is 1. The first-order chi connectivity index (χ1) is 13.8. The highest BCUT2D eigenvalue weighted by atomic mass is 35.5. The number of hydrogen-bond acceptors (Lipinski definition) is 2. The van der Waals surface area contributed by atoms with Gasteiger partial charge < -0.3 is 4.74 Å². The summed E-state index contributed by atoms with van der Waals surface area (Å²) in [5, 5.41) is 0.456. The van der Waals surface area contributed by atoms with Gasteiger partial charge in [0.2, 0.25) is 0 Å². The van der Waals surface area contributed by atoms with Gasteiger partial charge in [0.05, 0.1) is 10.6 Å². The fourth-order valence-corrected chi connectivity index (χ4v) is 3.36. The van der Waals surface area contributed by atoms with Gasteiger partial charge in [-0.15, -0.1) is 0 Å². The molecule has 2 aromatic rings. The van der Waals surface area contributed by atoms with Gasteiger partial charge in [0.1, 0.15) is 0 Å². The van der Waals surface area contributed by atoms with Crippen molar-refractivity contribution in [2.45, 2.75) is 47.0 Å². The molecule has 2 aromatic carbocycles. The van der Waals surface area contributed by atoms with Crippen LogP contribution in [0.4, 0.5) is 0 Å². The Morgan fingerprint density at radius 1 is 1.14 bits per heavy atom. The fraction of sp³-hybridized carbons (Fsp3) is 0.269. The monoisotopic (exact) mass is 408 g/mol. The minimum absolute atomic E-state index is 0.390. The number of ether oxygens (including phenoxy) is 1. The molecule has 0 radical (unpaired) electrons. The smallest absolute Gasteiger partial charge is 0.343 e. The van der Waals surface area contributed by atoms with E-state index in [0.717, 1.165) is 47.1 Å². The van der Waals surface area contributed by atoms with E-state index in [4.69, 9.17) is 16.3 Å². The number of hydrogen-bond donors (Lipinski definition) is 0. The van der Waals surface area contributed by atoms with Crippen LogP contribution in [0.25, 0.3) is 5.76 Å². The van der Waals surface area contributed by atoms with E-state index in [1.807, 2.05) is 57.2 Å². The molecule has 0 fully saturated rings. The Balaban J connectivity index is 2.59. The summed E-state index contributed by atoms with van der Waals surface area (Å²) < 4.78 is 5.89. The third-order valence-corrected chi connectivity index (χ3v) is 4.95. The Labute approximate surface area is 179 Å². The first kappa shape index (κ1) is 22.7. The number of carbonyl (C=O) groups excluding carboxylic acids is 1. The SMILES string of the molecule is C=C(C)/C=C(CCCC)/C(Cl)=C(\OC(=O)c1ccccc1)c1ccc(C)cc1C. The van der Waals surface area contributed by atoms with Gasteiger partial charge in [-0.1, -0.05) is 85.1 Å². The summed E-state index contributed by atoms with van der Waals surface area (Å²) in [6, 6.07) is 15.0. The van der Waals surface area contributed by atoms with E-state index in [9.17, 15) is 4.79 Å². The maximum absolute atomic E-state index is 12.8. The van der Waals surface area contributed by atoms with Crippen LogP contribution in [-0.2, 0) is 4.74 Å². The predicted octanol–water partition coefficient (Wildman–Crippen LogP) is 7.76. The zero-order valence-corrected chi connectivity index (χ0v) is 18.5. The van der Waals surface area contributed by atoms with Crippen molar-refractivity contribution in [3.05, 3.63) is 99.6 Å². The van der Waals surface area contributed by atoms with Gasteiger partial charge in [0, 0.05) is 5.56 Å². The molecule has 3 heteroatoms. The van der Waals surface area contributed by atoms with Crippen molar-refractivity contribution in [1.29, 1.82) is 0 Å². The van der Waals surface area contributed by atoms with Crippen molar-refractivity contribution in [2.75, 3.05) is 0 Å². The van der Waals surface area contributed by atoms with Gasteiger partial charge >= 0.3 is 5.97 Å². The molecule has 2 rings (SSSR count). The third-order valence-electron chi connectivity index (χ3n) is 4.53. The molecule has 0 heterocycles. The molecule has 29 heavy (non-hydrogen) atoms. The molecule has 0 saturated heterocycles. The fourth-order valence-electron chi connectivity index (χ4n) is 3.07. The van der Waals surface area contributed by atoms with Crippen molar-refractivity contribution in [3.8, 4) is 0 Å². The zero-order valence-electron chi connectivity index (χ0n) is 17.7. The average Bonchev–Trinajstić information content (AvgIpc) is 2.69. The number of aryl methyl sites for hydroxylation is 2. The summed E-state index contributed by atoms with van der Waals surface area (Å²) in [6.45, 7) is 12.1. The molecule has 0 aliphatic rings. The summed E-state index contributed by atoms with van der Waals surface area (Å²) in [6.07, 6.45) is 4.79. The summed E-state index contributed by atoms with van der Waals surface area (Å²) >= 11 is 6.86. The van der Waals surface area contributed by atoms with E-state index >= 15 is 0 Å². The molecule has 0 saturated carbocycles. The van der Waals surface area contributed by atoms with E-state index < -0.39 is 5.97 Å². The van der Waals surface area contributed by atoms with Gasteiger partial charge in [0.15, 0.2) is 5.76 Å². The van der Waals surface area contributed by atoms with Crippen molar-refractivity contribution in [3.63, 3.8) is 0 Å². The molecule has 0 aliphatic heterocycles. The van der Waals surface area contributed by atoms with Crippen molar-refractivity contribution in [1.82, 2.24) is 0 Å². The predicted molar refractivity (Wildman–Crippen MR) is 123 cm³/mol. The average molecular weight is 409 g/mol. The van der Waals surface area contributed by atoms with Crippen LogP contribution in [0.1, 0.15) is 60.2 Å². The van der Waals surface area contributed by atoms with Gasteiger partial charge in [-0.05, 0) is 56.9 Å². The van der Waals surface area contributed by atoms with E-state index in [2.05, 4.69) is 19.6 Å². The number of halogens is 1. The second-order valence-electron chi connectivity index (χ2n) is 7.34. The van der Waals surface area contributed by atoms with Crippen LogP contribution in [-0.4, -0.2) is 5.97 Å². The van der Waals surface area contributed by atoms with Crippen LogP contribution in [0.2, 0.25) is 0 Å². The number of esters is 1. The van der Waals surface area contributed by atoms with E-state index in [0.29, 0.717) is 16.4 Å². The zero-order chi connectivity index (χ0) is 21.4. The van der Waals surface area contributed by atoms with Gasteiger partial charge in [-0.2, -0.15) is 0 Å². The van der Waals surface area contributed by atoms with Crippen molar-refractivity contribution < 1.29 is 9.53 Å². The second-order valence-corrected chi connectivity index (χ2v) is 7.71. The Bertz CT molecular complexity index is 936. The topological polar surface area (TPSA) is 26.3 Å². The number of rotatable bonds is 8. The first-order valence-electron chi connectivity index (χ1n) is 9.94. The molecule has 0 aromatic heterocycles. The molecule has 0 aliphatic carbocycles. The molecule has 0 N–H and O–H groups in total. The Morgan fingerprint density at radius 2 is 1.83 bits per heavy atom. The lowest BCUT2D eigenvalue weighted by Crippen LogP contribution is -2.07. The molecule has 0 unspecified atom stereocenters. The van der Waals surface area contributed by atoms with E-state index in [-0.39, 0.29) is 0 Å². The quantitative estimate of drug-likeness (QED) is 0.253. The molecule has 0 spiro atoms. The number of allylic oxidation sites excluding steroid dienone is 4. The summed E-state index contributed by atoms with van der Waals surface area (Å²) in [5.41, 5.74) is 5.27. The van der Waals surface area contributed by atoms with Gasteiger partial charge in [-0.3, -0.25) is 0 Å². The maximum atomic E-state index is 12.8. The third kappa shape index (κ3) is 6.47. The Kier molecular flexibility index (Phi) is 8.48. The van der Waals surface area contributed by atoms with Crippen molar-refractivity contribution >= 4 is 23.3 Å². The van der Waals surface area contributed by atoms with Crippen molar-refractivity contribution in [2.24, 2.45) is 0 Å². The molecular weight excluding hydrogens is 380 g/mol. The molecule has 0 amide bonds. The highest BCUT2D eigenvalue weighted by Gasteiger charge is 2.20. The molecule has 0 atom stereocenters. The van der Waals surface area contributed by atoms with Crippen LogP contribution in [0.3, 0.4) is 0 Å². The highest BCUT2D eigenvalue weighted by molar-refractivity contribution is 6.35. The largest absolute Gasteiger partial charge is 0.421 e. The normalized spacial score (nSPS) is 12.4. The lowest BCUT2D eigenvalue weighted by molar-refractivity contribution is 0.0691. The van der Waals surface area contributed by atoms with Crippen LogP contribution in [0.5, 0.6) is 0 Å². The van der Waals surface area contributed by atoms with Crippen LogP contribution in [0.15, 0.2) is 77.4 Å². The molecule has 2 nitrogen and oxygen atoms in total. The van der Waals surface area contributed by atoms with Gasteiger partial charge in [-0.25, -0.2) is 4.79 Å². The minimum Gasteiger partial charge on any atom is -0.421 e. The summed E-state index contributed by atoms with van der Waals surface area (Å²) in [5.74, 6) is -0.0366. The van der Waals surface area contributed by atoms with Crippen LogP contribution in [0, 0.1) is 13.8 Å². The lowest BCUT2D eigenvalue weighted by atomic mass is 9.99. The van der Waals surface area contributed by atoms with Gasteiger partial charge in [0.25, 0.3) is 0 Å². The summed E-state index contributed by atoms with van der Waals surface area (Å²) in [4.78, 5) is 12.8. The van der Waals surface area contributed by atoms with E-state index in [1.54, 1.807) is 12.1 Å². The second kappa shape index (κ2) is 10.8. The number of benzene rings is 2. The highest BCUT2D eigenvalue weighted by Crippen LogP contribution is 2.34. The molecule has 0 bridgehead atoms. The van der Waals surface area contributed by atoms with Crippen LogP contribution < -0.4 is 0 Å². The summed E-state index contributed by atoms with van der Waals surface area (Å²) in [7, 11) is 0. The molecule has 152 valence electrons. The standard InChI is InChI=1S/C26H29ClO2/c1-6-7-11-22(16-18(2)3)24(27)25(23-15-14-19(4)17-20(23)5)29-26(28)21-12-9-8-10-13-21/h8-10,12-17H,2,6-7,11H2,1,3-5H3/b22-16+,25-24+. The Morgan fingerprint density at radius 3 is 2.41 bits per heavy atom. The lowest BCUT2D eigenvalue weighted by Gasteiger charge is -2.16. The van der Waals surface area contributed by atoms with E-state index in [1.165, 1.54) is 0 Å². The number of unbranched alkanes of at least 4 members (excludes halogenated alkanes) is 1. The maximum Gasteiger partial charge on any atom is 0.343 e. The Hall–Kier alpha value is -2.58.